The van der Waals surface area contributed by atoms with Crippen LogP contribution in [0, 0.1) is 0 Å². The van der Waals surface area contributed by atoms with Crippen LogP contribution in [0.1, 0.15) is 29.0 Å². The van der Waals surface area contributed by atoms with Crippen molar-refractivity contribution in [2.45, 2.75) is 30.2 Å². The van der Waals surface area contributed by atoms with E-state index in [0.29, 0.717) is 17.0 Å². The van der Waals surface area contributed by atoms with E-state index in [4.69, 9.17) is 11.6 Å². The van der Waals surface area contributed by atoms with Crippen molar-refractivity contribution in [3.05, 3.63) is 51.7 Å². The first-order chi connectivity index (χ1) is 10.1. The number of alkyl halides is 1. The molecule has 112 valence electrons. The first-order valence-corrected chi connectivity index (χ1v) is 9.63. The van der Waals surface area contributed by atoms with E-state index >= 15 is 0 Å². The second-order valence-electron chi connectivity index (χ2n) is 5.08. The quantitative estimate of drug-likeness (QED) is 0.796. The molecular weight excluding hydrogens is 326 g/mol. The Morgan fingerprint density at radius 3 is 2.86 bits per heavy atom. The highest BCUT2D eigenvalue weighted by atomic mass is 35.5. The summed E-state index contributed by atoms with van der Waals surface area (Å²) < 4.78 is 27.6. The lowest BCUT2D eigenvalue weighted by Crippen LogP contribution is -2.38. The van der Waals surface area contributed by atoms with Crippen LogP contribution in [0.3, 0.4) is 0 Å². The normalized spacial score (nSPS) is 19.4. The highest BCUT2D eigenvalue weighted by molar-refractivity contribution is 7.89. The zero-order valence-corrected chi connectivity index (χ0v) is 14.0. The Balaban J connectivity index is 2.04. The van der Waals surface area contributed by atoms with Crippen molar-refractivity contribution >= 4 is 33.0 Å². The van der Waals surface area contributed by atoms with E-state index in [1.807, 2.05) is 24.4 Å². The molecule has 21 heavy (non-hydrogen) atoms. The predicted octanol–water partition coefficient (Wildman–Crippen LogP) is 3.79. The maximum Gasteiger partial charge on any atom is 0.243 e. The summed E-state index contributed by atoms with van der Waals surface area (Å²) in [5.41, 5.74) is 1.78. The number of nitrogens with zero attached hydrogens (tertiary/aromatic N) is 1. The van der Waals surface area contributed by atoms with E-state index in [0.717, 1.165) is 12.0 Å². The van der Waals surface area contributed by atoms with E-state index in [9.17, 15) is 8.42 Å². The van der Waals surface area contributed by atoms with Crippen molar-refractivity contribution < 1.29 is 8.42 Å². The lowest BCUT2D eigenvalue weighted by Gasteiger charge is -2.33. The van der Waals surface area contributed by atoms with Crippen LogP contribution in [0.2, 0.25) is 0 Å². The molecular formula is C15H16ClNO2S2. The molecule has 0 amide bonds. The van der Waals surface area contributed by atoms with Gasteiger partial charge in [-0.25, -0.2) is 8.42 Å². The molecule has 1 aliphatic heterocycles. The van der Waals surface area contributed by atoms with Crippen molar-refractivity contribution in [1.29, 1.82) is 0 Å². The highest BCUT2D eigenvalue weighted by Crippen LogP contribution is 2.36. The molecule has 0 bridgehead atoms. The number of benzene rings is 1. The number of fused-ring (bicyclic) bond motifs is 1. The van der Waals surface area contributed by atoms with Gasteiger partial charge in [-0.3, -0.25) is 0 Å². The molecule has 2 heterocycles. The van der Waals surface area contributed by atoms with Gasteiger partial charge in [0.25, 0.3) is 0 Å². The monoisotopic (exact) mass is 341 g/mol. The fourth-order valence-electron chi connectivity index (χ4n) is 2.81. The third-order valence-corrected chi connectivity index (χ3v) is 7.28. The molecule has 1 unspecified atom stereocenters. The third kappa shape index (κ3) is 2.52. The molecule has 0 aliphatic carbocycles. The Labute approximate surface area is 134 Å². The van der Waals surface area contributed by atoms with Gasteiger partial charge in [-0.2, -0.15) is 4.31 Å². The van der Waals surface area contributed by atoms with Gasteiger partial charge in [-0.15, -0.1) is 22.9 Å². The summed E-state index contributed by atoms with van der Waals surface area (Å²) in [5, 5.41) is 2.03. The van der Waals surface area contributed by atoms with Gasteiger partial charge in [-0.1, -0.05) is 18.2 Å². The molecule has 2 aromatic rings. The van der Waals surface area contributed by atoms with Crippen LogP contribution < -0.4 is 0 Å². The predicted molar refractivity (Wildman–Crippen MR) is 86.3 cm³/mol. The Kier molecular flexibility index (Phi) is 4.10. The van der Waals surface area contributed by atoms with E-state index in [1.165, 1.54) is 4.88 Å². The number of thiophene rings is 1. The molecule has 0 saturated heterocycles. The average molecular weight is 342 g/mol. The van der Waals surface area contributed by atoms with Gasteiger partial charge < -0.3 is 0 Å². The zero-order valence-electron chi connectivity index (χ0n) is 11.6. The number of sulfonamides is 1. The number of hydrogen-bond donors (Lipinski definition) is 0. The molecule has 0 saturated carbocycles. The Morgan fingerprint density at radius 2 is 2.10 bits per heavy atom. The topological polar surface area (TPSA) is 37.4 Å². The van der Waals surface area contributed by atoms with Gasteiger partial charge in [-0.05, 0) is 42.0 Å². The summed E-state index contributed by atoms with van der Waals surface area (Å²) in [6.45, 7) is 2.47. The highest BCUT2D eigenvalue weighted by Gasteiger charge is 2.35. The molecule has 6 heteroatoms. The molecule has 0 N–H and O–H groups in total. The summed E-state index contributed by atoms with van der Waals surface area (Å²) >= 11 is 7.60. The SMILES string of the molecule is CC1c2ccsc2CCN1S(=O)(=O)c1ccccc1CCl. The van der Waals surface area contributed by atoms with Crippen LogP contribution in [-0.2, 0) is 22.3 Å². The van der Waals surface area contributed by atoms with Gasteiger partial charge in [0.1, 0.15) is 0 Å². The second-order valence-corrected chi connectivity index (χ2v) is 8.21. The van der Waals surface area contributed by atoms with Crippen molar-refractivity contribution in [2.24, 2.45) is 0 Å². The van der Waals surface area contributed by atoms with E-state index in [2.05, 4.69) is 0 Å². The smallest absolute Gasteiger partial charge is 0.207 e. The van der Waals surface area contributed by atoms with Crippen LogP contribution >= 0.6 is 22.9 Å². The maximum absolute atomic E-state index is 13.0. The first-order valence-electron chi connectivity index (χ1n) is 6.77. The summed E-state index contributed by atoms with van der Waals surface area (Å²) in [5.74, 6) is 0.196. The summed E-state index contributed by atoms with van der Waals surface area (Å²) in [6.07, 6.45) is 0.777. The molecule has 1 aromatic carbocycles. The summed E-state index contributed by atoms with van der Waals surface area (Å²) in [7, 11) is -3.52. The standard InChI is InChI=1S/C15H16ClNO2S2/c1-11-13-7-9-20-14(13)6-8-17(11)21(18,19)15-5-3-2-4-12(15)10-16/h2-5,7,9,11H,6,8,10H2,1H3. The molecule has 0 fully saturated rings. The van der Waals surface area contributed by atoms with Crippen molar-refractivity contribution in [1.82, 2.24) is 4.31 Å². The van der Waals surface area contributed by atoms with Gasteiger partial charge >= 0.3 is 0 Å². The lowest BCUT2D eigenvalue weighted by molar-refractivity contribution is 0.329. The van der Waals surface area contributed by atoms with Gasteiger partial charge in [0.05, 0.1) is 4.90 Å². The Hall–Kier alpha value is -0.880. The fourth-order valence-corrected chi connectivity index (χ4v) is 5.92. The fraction of sp³-hybridized carbons (Fsp3) is 0.333. The van der Waals surface area contributed by atoms with E-state index in [-0.39, 0.29) is 11.9 Å². The molecule has 1 aromatic heterocycles. The Morgan fingerprint density at radius 1 is 1.33 bits per heavy atom. The molecule has 0 spiro atoms. The van der Waals surface area contributed by atoms with Gasteiger partial charge in [0, 0.05) is 23.3 Å². The minimum absolute atomic E-state index is 0.131. The minimum Gasteiger partial charge on any atom is -0.207 e. The van der Waals surface area contributed by atoms with Gasteiger partial charge in [0.2, 0.25) is 10.0 Å². The molecule has 1 aliphatic rings. The van der Waals surface area contributed by atoms with Crippen LogP contribution in [-0.4, -0.2) is 19.3 Å². The van der Waals surface area contributed by atoms with Crippen LogP contribution in [0.15, 0.2) is 40.6 Å². The Bertz CT molecular complexity index is 755. The molecule has 3 nitrogen and oxygen atoms in total. The van der Waals surface area contributed by atoms with Crippen LogP contribution in [0.5, 0.6) is 0 Å². The van der Waals surface area contributed by atoms with Crippen LogP contribution in [0.4, 0.5) is 0 Å². The van der Waals surface area contributed by atoms with Crippen molar-refractivity contribution in [2.75, 3.05) is 6.54 Å². The first kappa shape index (κ1) is 15.0. The van der Waals surface area contributed by atoms with Crippen LogP contribution in [0.25, 0.3) is 0 Å². The van der Waals surface area contributed by atoms with Crippen molar-refractivity contribution in [3.8, 4) is 0 Å². The molecule has 3 rings (SSSR count). The van der Waals surface area contributed by atoms with Gasteiger partial charge in [0.15, 0.2) is 0 Å². The number of rotatable bonds is 3. The third-order valence-electron chi connectivity index (χ3n) is 3.92. The second kappa shape index (κ2) is 5.72. The zero-order chi connectivity index (χ0) is 15.0. The maximum atomic E-state index is 13.0. The number of halogens is 1. The summed E-state index contributed by atoms with van der Waals surface area (Å²) in [6, 6.07) is 8.86. The molecule has 0 radical (unpaired) electrons. The summed E-state index contributed by atoms with van der Waals surface area (Å²) in [4.78, 5) is 1.62. The average Bonchev–Trinajstić information content (AvgIpc) is 2.96. The number of hydrogen-bond acceptors (Lipinski definition) is 3. The molecule has 1 atom stereocenters. The largest absolute Gasteiger partial charge is 0.243 e. The lowest BCUT2D eigenvalue weighted by atomic mass is 10.0. The van der Waals surface area contributed by atoms with E-state index < -0.39 is 10.0 Å². The van der Waals surface area contributed by atoms with E-state index in [1.54, 1.807) is 33.8 Å². The van der Waals surface area contributed by atoms with Crippen molar-refractivity contribution in [3.63, 3.8) is 0 Å². The minimum atomic E-state index is -3.52.